The highest BCUT2D eigenvalue weighted by Crippen LogP contribution is 2.33. The molecule has 0 aliphatic carbocycles. The highest BCUT2D eigenvalue weighted by molar-refractivity contribution is 5.78. The van der Waals surface area contributed by atoms with Gasteiger partial charge in [0.05, 0.1) is 24.5 Å². The molecule has 0 unspecified atom stereocenters. The lowest BCUT2D eigenvalue weighted by Crippen LogP contribution is -2.21. The van der Waals surface area contributed by atoms with Crippen LogP contribution in [0.2, 0.25) is 0 Å². The zero-order valence-electron chi connectivity index (χ0n) is 14.9. The summed E-state index contributed by atoms with van der Waals surface area (Å²) in [5.74, 6) is 0.996. The lowest BCUT2D eigenvalue weighted by Gasteiger charge is -2.16. The molecule has 4 rings (SSSR count). The Labute approximate surface area is 147 Å². The van der Waals surface area contributed by atoms with Gasteiger partial charge in [0.25, 0.3) is 0 Å². The van der Waals surface area contributed by atoms with E-state index in [1.165, 1.54) is 11.1 Å². The molecule has 1 N–H and O–H groups in total. The number of nitrogens with zero attached hydrogens (tertiary/aromatic N) is 4. The van der Waals surface area contributed by atoms with Gasteiger partial charge in [0.2, 0.25) is 0 Å². The third-order valence-electron chi connectivity index (χ3n) is 5.12. The van der Waals surface area contributed by atoms with Crippen molar-refractivity contribution in [2.45, 2.75) is 19.4 Å². The summed E-state index contributed by atoms with van der Waals surface area (Å²) in [5.41, 5.74) is 3.74. The Morgan fingerprint density at radius 1 is 1.28 bits per heavy atom. The van der Waals surface area contributed by atoms with Crippen LogP contribution in [0.5, 0.6) is 0 Å². The topological polar surface area (TPSA) is 59.0 Å². The smallest absolute Gasteiger partial charge is 0.0653 e. The van der Waals surface area contributed by atoms with Gasteiger partial charge in [0, 0.05) is 56.7 Å². The number of likely N-dealkylation sites (tertiary alicyclic amines) is 1. The molecule has 0 bridgehead atoms. The molecule has 1 aliphatic rings. The number of hydrogen-bond donors (Lipinski definition) is 1. The first-order valence-corrected chi connectivity index (χ1v) is 8.93. The Bertz CT molecular complexity index is 839. The first-order valence-electron chi connectivity index (χ1n) is 8.93. The number of nitrogens with one attached hydrogen (secondary N) is 1. The van der Waals surface area contributed by atoms with E-state index in [-0.39, 0.29) is 0 Å². The quantitative estimate of drug-likeness (QED) is 0.750. The second kappa shape index (κ2) is 6.98. The molecule has 3 heterocycles. The molecule has 0 saturated carbocycles. The lowest BCUT2D eigenvalue weighted by atomic mass is 9.92. The normalized spacial score (nSPS) is 21.4. The van der Waals surface area contributed by atoms with Crippen LogP contribution in [-0.4, -0.2) is 51.2 Å². The van der Waals surface area contributed by atoms with Gasteiger partial charge in [-0.15, -0.1) is 0 Å². The van der Waals surface area contributed by atoms with E-state index in [0.29, 0.717) is 11.8 Å². The fourth-order valence-electron chi connectivity index (χ4n) is 3.88. The first-order chi connectivity index (χ1) is 12.2. The number of benzene rings is 1. The van der Waals surface area contributed by atoms with E-state index in [4.69, 9.17) is 4.74 Å². The van der Waals surface area contributed by atoms with Crippen molar-refractivity contribution in [3.8, 4) is 0 Å². The minimum Gasteiger partial charge on any atom is -0.381 e. The van der Waals surface area contributed by atoms with E-state index in [2.05, 4.69) is 51.5 Å². The van der Waals surface area contributed by atoms with Crippen LogP contribution in [0, 0.1) is 5.92 Å². The monoisotopic (exact) mass is 339 g/mol. The van der Waals surface area contributed by atoms with Crippen molar-refractivity contribution >= 4 is 10.9 Å². The summed E-state index contributed by atoms with van der Waals surface area (Å²) in [4.78, 5) is 2.53. The van der Waals surface area contributed by atoms with E-state index >= 15 is 0 Å². The molecule has 0 spiro atoms. The van der Waals surface area contributed by atoms with Crippen LogP contribution in [0.1, 0.15) is 24.0 Å². The number of H-pyrrole nitrogens is 1. The number of ether oxygens (including phenoxy) is 1. The number of hydrogen-bond acceptors (Lipinski definition) is 4. The van der Waals surface area contributed by atoms with Crippen LogP contribution in [0.3, 0.4) is 0 Å². The maximum Gasteiger partial charge on any atom is 0.0653 e. The van der Waals surface area contributed by atoms with Crippen LogP contribution in [0.4, 0.5) is 0 Å². The molecule has 6 heteroatoms. The fourth-order valence-corrected chi connectivity index (χ4v) is 3.88. The van der Waals surface area contributed by atoms with Gasteiger partial charge in [-0.05, 0) is 24.1 Å². The molecule has 6 nitrogen and oxygen atoms in total. The minimum atomic E-state index is 0.483. The predicted octanol–water partition coefficient (Wildman–Crippen LogP) is 2.55. The van der Waals surface area contributed by atoms with Crippen molar-refractivity contribution in [2.75, 3.05) is 26.3 Å². The van der Waals surface area contributed by atoms with Gasteiger partial charge in [0.1, 0.15) is 0 Å². The van der Waals surface area contributed by atoms with Gasteiger partial charge >= 0.3 is 0 Å². The van der Waals surface area contributed by atoms with E-state index in [0.717, 1.165) is 43.8 Å². The van der Waals surface area contributed by atoms with Gasteiger partial charge in [-0.25, -0.2) is 0 Å². The zero-order chi connectivity index (χ0) is 17.2. The van der Waals surface area contributed by atoms with Gasteiger partial charge in [-0.2, -0.15) is 10.2 Å². The molecule has 1 saturated heterocycles. The van der Waals surface area contributed by atoms with Crippen molar-refractivity contribution < 1.29 is 4.74 Å². The molecule has 2 atom stereocenters. The van der Waals surface area contributed by atoms with Crippen molar-refractivity contribution in [2.24, 2.45) is 13.0 Å². The molecule has 1 aliphatic heterocycles. The third-order valence-corrected chi connectivity index (χ3v) is 5.12. The van der Waals surface area contributed by atoms with E-state index in [1.54, 1.807) is 0 Å². The predicted molar refractivity (Wildman–Crippen MR) is 97.3 cm³/mol. The van der Waals surface area contributed by atoms with E-state index in [1.807, 2.05) is 24.1 Å². The Morgan fingerprint density at radius 2 is 2.20 bits per heavy atom. The average Bonchev–Trinajstić information content (AvgIpc) is 3.32. The summed E-state index contributed by atoms with van der Waals surface area (Å²) in [6, 6.07) is 6.55. The van der Waals surface area contributed by atoms with Crippen molar-refractivity contribution in [3.63, 3.8) is 0 Å². The van der Waals surface area contributed by atoms with Gasteiger partial charge in [-0.3, -0.25) is 14.7 Å². The molecule has 3 aromatic rings. The first kappa shape index (κ1) is 16.3. The zero-order valence-corrected chi connectivity index (χ0v) is 14.9. The molecule has 25 heavy (non-hydrogen) atoms. The number of aryl methyl sites for hydroxylation is 1. The number of aromatic nitrogens is 4. The SMILES string of the molecule is CCOC[C@@H]1CN(Cc2ccc3cn[nH]c3c2)C[C@H]1c1cnn(C)c1. The van der Waals surface area contributed by atoms with Gasteiger partial charge in [-0.1, -0.05) is 12.1 Å². The van der Waals surface area contributed by atoms with Crippen molar-refractivity contribution in [3.05, 3.63) is 47.9 Å². The van der Waals surface area contributed by atoms with Crippen LogP contribution in [-0.2, 0) is 18.3 Å². The largest absolute Gasteiger partial charge is 0.381 e. The molecule has 1 aromatic carbocycles. The van der Waals surface area contributed by atoms with Crippen LogP contribution >= 0.6 is 0 Å². The third kappa shape index (κ3) is 3.45. The molecular weight excluding hydrogens is 314 g/mol. The molecule has 0 amide bonds. The minimum absolute atomic E-state index is 0.483. The number of rotatable bonds is 6. The fraction of sp³-hybridized carbons (Fsp3) is 0.474. The van der Waals surface area contributed by atoms with Gasteiger partial charge in [0.15, 0.2) is 0 Å². The standard InChI is InChI=1S/C19H25N5O/c1-3-25-13-17-11-24(12-18(17)16-8-21-23(2)10-16)9-14-4-5-15-7-20-22-19(15)6-14/h4-8,10,17-18H,3,9,11-13H2,1-2H3,(H,20,22)/t17-,18-/m0/s1. The molecule has 2 aromatic heterocycles. The summed E-state index contributed by atoms with van der Waals surface area (Å²) in [6.45, 7) is 6.70. The van der Waals surface area contributed by atoms with Gasteiger partial charge < -0.3 is 4.74 Å². The van der Waals surface area contributed by atoms with Crippen molar-refractivity contribution in [1.82, 2.24) is 24.9 Å². The Balaban J connectivity index is 1.50. The molecular formula is C19H25N5O. The summed E-state index contributed by atoms with van der Waals surface area (Å²) in [5, 5.41) is 12.7. The second-order valence-electron chi connectivity index (χ2n) is 6.96. The van der Waals surface area contributed by atoms with Crippen LogP contribution < -0.4 is 0 Å². The number of aromatic amines is 1. The highest BCUT2D eigenvalue weighted by Gasteiger charge is 2.34. The summed E-state index contributed by atoms with van der Waals surface area (Å²) in [6.07, 6.45) is 6.01. The molecule has 132 valence electrons. The summed E-state index contributed by atoms with van der Waals surface area (Å²) in [7, 11) is 1.98. The Hall–Kier alpha value is -2.18. The maximum atomic E-state index is 5.75. The molecule has 0 radical (unpaired) electrons. The lowest BCUT2D eigenvalue weighted by molar-refractivity contribution is 0.107. The Morgan fingerprint density at radius 3 is 3.00 bits per heavy atom. The highest BCUT2D eigenvalue weighted by atomic mass is 16.5. The summed E-state index contributed by atoms with van der Waals surface area (Å²) >= 11 is 0. The second-order valence-corrected chi connectivity index (χ2v) is 6.96. The van der Waals surface area contributed by atoms with Crippen LogP contribution in [0.25, 0.3) is 10.9 Å². The molecule has 1 fully saturated rings. The van der Waals surface area contributed by atoms with E-state index < -0.39 is 0 Å². The van der Waals surface area contributed by atoms with E-state index in [9.17, 15) is 0 Å². The maximum absolute atomic E-state index is 5.75. The Kier molecular flexibility index (Phi) is 4.55. The van der Waals surface area contributed by atoms with Crippen molar-refractivity contribution in [1.29, 1.82) is 0 Å². The number of fused-ring (bicyclic) bond motifs is 1. The average molecular weight is 339 g/mol. The van der Waals surface area contributed by atoms with Crippen LogP contribution in [0.15, 0.2) is 36.8 Å². The summed E-state index contributed by atoms with van der Waals surface area (Å²) < 4.78 is 7.65.